The molecule has 0 spiro atoms. The lowest BCUT2D eigenvalue weighted by molar-refractivity contribution is -0.135. The Balaban J connectivity index is 1.96. The zero-order valence-electron chi connectivity index (χ0n) is 11.7. The topological polar surface area (TPSA) is 41.9 Å². The molecule has 1 atom stereocenters. The van der Waals surface area contributed by atoms with Crippen LogP contribution in [0.15, 0.2) is 58.1 Å². The summed E-state index contributed by atoms with van der Waals surface area (Å²) in [7, 11) is 0. The number of hydrogen-bond donors (Lipinski definition) is 0. The average molecular weight is 380 g/mol. The third kappa shape index (κ3) is 2.87. The molecule has 4 nitrogen and oxygen atoms in total. The Hall–Kier alpha value is -1.85. The molecule has 0 fully saturated rings. The summed E-state index contributed by atoms with van der Waals surface area (Å²) >= 11 is 9.60. The van der Waals surface area contributed by atoms with E-state index in [2.05, 4.69) is 21.0 Å². The van der Waals surface area contributed by atoms with Crippen LogP contribution in [0, 0.1) is 0 Å². The second kappa shape index (κ2) is 6.10. The Labute approximate surface area is 141 Å². The van der Waals surface area contributed by atoms with Gasteiger partial charge in [0.25, 0.3) is 0 Å². The van der Waals surface area contributed by atoms with Crippen molar-refractivity contribution in [2.24, 2.45) is 5.10 Å². The molecule has 0 N–H and O–H groups in total. The largest absolute Gasteiger partial charge is 0.446 e. The number of carbonyl (C=O) groups excluding carboxylic acids is 1. The smallest absolute Gasteiger partial charge is 0.243 e. The van der Waals surface area contributed by atoms with Crippen LogP contribution in [0.25, 0.3) is 0 Å². The average Bonchev–Trinajstić information content (AvgIpc) is 2.93. The SMILES string of the molecule is CC(=O)N1N=C(c2ccc(Br)cc2)OC1c1ccccc1Cl. The Morgan fingerprint density at radius 3 is 2.55 bits per heavy atom. The van der Waals surface area contributed by atoms with Gasteiger partial charge in [-0.25, -0.2) is 0 Å². The molecule has 0 radical (unpaired) electrons. The molecular weight excluding hydrogens is 368 g/mol. The summed E-state index contributed by atoms with van der Waals surface area (Å²) in [6.45, 7) is 1.45. The first-order valence-electron chi connectivity index (χ1n) is 6.61. The zero-order chi connectivity index (χ0) is 15.7. The van der Waals surface area contributed by atoms with Gasteiger partial charge >= 0.3 is 0 Å². The highest BCUT2D eigenvalue weighted by Gasteiger charge is 2.34. The minimum atomic E-state index is -0.648. The number of hydrazone groups is 1. The molecule has 112 valence electrons. The van der Waals surface area contributed by atoms with Crippen molar-refractivity contribution in [3.05, 3.63) is 69.2 Å². The van der Waals surface area contributed by atoms with Crippen LogP contribution in [0.3, 0.4) is 0 Å². The van der Waals surface area contributed by atoms with Crippen LogP contribution in [-0.4, -0.2) is 16.8 Å². The van der Waals surface area contributed by atoms with Crippen molar-refractivity contribution in [1.82, 2.24) is 5.01 Å². The van der Waals surface area contributed by atoms with Crippen LogP contribution in [0.5, 0.6) is 0 Å². The number of ether oxygens (including phenoxy) is 1. The van der Waals surface area contributed by atoms with Crippen LogP contribution >= 0.6 is 27.5 Å². The molecule has 1 aliphatic rings. The van der Waals surface area contributed by atoms with Gasteiger partial charge in [0.15, 0.2) is 0 Å². The van der Waals surface area contributed by atoms with E-state index in [1.807, 2.05) is 42.5 Å². The lowest BCUT2D eigenvalue weighted by Gasteiger charge is -2.20. The second-order valence-corrected chi connectivity index (χ2v) is 6.09. The molecule has 1 heterocycles. The third-order valence-corrected chi connectivity index (χ3v) is 4.10. The number of carbonyl (C=O) groups is 1. The lowest BCUT2D eigenvalue weighted by Crippen LogP contribution is -2.25. The molecule has 0 bridgehead atoms. The maximum Gasteiger partial charge on any atom is 0.243 e. The number of nitrogens with zero attached hydrogens (tertiary/aromatic N) is 2. The summed E-state index contributed by atoms with van der Waals surface area (Å²) in [6.07, 6.45) is -0.648. The van der Waals surface area contributed by atoms with Crippen LogP contribution in [0.1, 0.15) is 24.3 Å². The van der Waals surface area contributed by atoms with Gasteiger partial charge in [-0.15, -0.1) is 5.10 Å². The van der Waals surface area contributed by atoms with Crippen molar-refractivity contribution in [2.75, 3.05) is 0 Å². The number of hydrogen-bond acceptors (Lipinski definition) is 3. The predicted octanol–water partition coefficient (Wildman–Crippen LogP) is 4.34. The van der Waals surface area contributed by atoms with Crippen LogP contribution in [0.2, 0.25) is 5.02 Å². The van der Waals surface area contributed by atoms with Crippen molar-refractivity contribution >= 4 is 39.3 Å². The van der Waals surface area contributed by atoms with E-state index in [0.717, 1.165) is 10.0 Å². The van der Waals surface area contributed by atoms with E-state index in [9.17, 15) is 4.79 Å². The maximum absolute atomic E-state index is 11.9. The van der Waals surface area contributed by atoms with E-state index in [-0.39, 0.29) is 5.91 Å². The zero-order valence-corrected chi connectivity index (χ0v) is 14.0. The molecule has 2 aromatic carbocycles. The highest BCUT2D eigenvalue weighted by molar-refractivity contribution is 9.10. The van der Waals surface area contributed by atoms with Gasteiger partial charge in [0, 0.05) is 27.5 Å². The molecule has 1 aliphatic heterocycles. The van der Waals surface area contributed by atoms with Gasteiger partial charge in [-0.1, -0.05) is 45.7 Å². The third-order valence-electron chi connectivity index (χ3n) is 3.23. The Morgan fingerprint density at radius 1 is 1.23 bits per heavy atom. The molecule has 2 aromatic rings. The molecule has 0 saturated carbocycles. The van der Waals surface area contributed by atoms with Gasteiger partial charge < -0.3 is 4.74 Å². The van der Waals surface area contributed by atoms with E-state index in [0.29, 0.717) is 16.5 Å². The van der Waals surface area contributed by atoms with E-state index >= 15 is 0 Å². The summed E-state index contributed by atoms with van der Waals surface area (Å²) < 4.78 is 6.84. The van der Waals surface area contributed by atoms with Gasteiger partial charge in [-0.05, 0) is 30.3 Å². The number of amides is 1. The molecular formula is C16H12BrClN2O2. The van der Waals surface area contributed by atoms with E-state index < -0.39 is 6.23 Å². The highest BCUT2D eigenvalue weighted by Crippen LogP contribution is 2.34. The molecule has 1 unspecified atom stereocenters. The molecule has 0 aliphatic carbocycles. The van der Waals surface area contributed by atoms with E-state index in [1.54, 1.807) is 6.07 Å². The van der Waals surface area contributed by atoms with Crippen LogP contribution < -0.4 is 0 Å². The van der Waals surface area contributed by atoms with Crippen molar-refractivity contribution < 1.29 is 9.53 Å². The van der Waals surface area contributed by atoms with Gasteiger partial charge in [-0.2, -0.15) is 5.01 Å². The first-order chi connectivity index (χ1) is 10.6. The Bertz CT molecular complexity index is 746. The molecule has 0 saturated heterocycles. The van der Waals surface area contributed by atoms with Gasteiger partial charge in [0.1, 0.15) is 0 Å². The maximum atomic E-state index is 11.9. The summed E-state index contributed by atoms with van der Waals surface area (Å²) in [4.78, 5) is 11.9. The monoisotopic (exact) mass is 378 g/mol. The normalized spacial score (nSPS) is 17.1. The number of halogens is 2. The Kier molecular flexibility index (Phi) is 4.18. The van der Waals surface area contributed by atoms with E-state index in [1.165, 1.54) is 11.9 Å². The first kappa shape index (κ1) is 15.1. The number of benzene rings is 2. The highest BCUT2D eigenvalue weighted by atomic mass is 79.9. The fourth-order valence-electron chi connectivity index (χ4n) is 2.15. The molecule has 0 aromatic heterocycles. The summed E-state index contributed by atoms with van der Waals surface area (Å²) in [6, 6.07) is 14.8. The number of rotatable bonds is 2. The van der Waals surface area contributed by atoms with E-state index in [4.69, 9.17) is 16.3 Å². The minimum absolute atomic E-state index is 0.211. The first-order valence-corrected chi connectivity index (χ1v) is 7.79. The van der Waals surface area contributed by atoms with Gasteiger partial charge in [-0.3, -0.25) is 4.79 Å². The fourth-order valence-corrected chi connectivity index (χ4v) is 2.65. The van der Waals surface area contributed by atoms with Crippen molar-refractivity contribution in [2.45, 2.75) is 13.2 Å². The molecule has 6 heteroatoms. The predicted molar refractivity (Wildman–Crippen MR) is 88.5 cm³/mol. The summed E-state index contributed by atoms with van der Waals surface area (Å²) in [5.74, 6) is 0.185. The standard InChI is InChI=1S/C16H12BrClN2O2/c1-10(21)20-16(13-4-2-3-5-14(13)18)22-15(19-20)11-6-8-12(17)9-7-11/h2-9,16H,1H3. The van der Waals surface area contributed by atoms with Gasteiger partial charge in [0.05, 0.1) is 0 Å². The Morgan fingerprint density at radius 2 is 1.91 bits per heavy atom. The molecule has 1 amide bonds. The lowest BCUT2D eigenvalue weighted by atomic mass is 10.2. The fraction of sp³-hybridized carbons (Fsp3) is 0.125. The minimum Gasteiger partial charge on any atom is -0.446 e. The molecule has 22 heavy (non-hydrogen) atoms. The van der Waals surface area contributed by atoms with Crippen LogP contribution in [-0.2, 0) is 9.53 Å². The second-order valence-electron chi connectivity index (χ2n) is 4.77. The summed E-state index contributed by atoms with van der Waals surface area (Å²) in [5, 5.41) is 6.13. The summed E-state index contributed by atoms with van der Waals surface area (Å²) in [5.41, 5.74) is 1.50. The van der Waals surface area contributed by atoms with Crippen molar-refractivity contribution in [3.63, 3.8) is 0 Å². The molecule has 3 rings (SSSR count). The van der Waals surface area contributed by atoms with Gasteiger partial charge in [0.2, 0.25) is 18.0 Å². The van der Waals surface area contributed by atoms with Crippen molar-refractivity contribution in [3.8, 4) is 0 Å². The van der Waals surface area contributed by atoms with Crippen LogP contribution in [0.4, 0.5) is 0 Å². The quantitative estimate of drug-likeness (QED) is 0.779. The van der Waals surface area contributed by atoms with Crippen molar-refractivity contribution in [1.29, 1.82) is 0 Å².